The Morgan fingerprint density at radius 3 is 2.93 bits per heavy atom. The molecule has 1 nitrogen and oxygen atoms in total. The van der Waals surface area contributed by atoms with Crippen LogP contribution in [0.1, 0.15) is 13.8 Å². The third-order valence-electron chi connectivity index (χ3n) is 2.17. The molecule has 0 aliphatic carbocycles. The van der Waals surface area contributed by atoms with Gasteiger partial charge in [0.05, 0.1) is 0 Å². The molecule has 0 amide bonds. The summed E-state index contributed by atoms with van der Waals surface area (Å²) >= 11 is 1.79. The quantitative estimate of drug-likeness (QED) is 0.799. The Kier molecular flexibility index (Phi) is 2.73. The van der Waals surface area contributed by atoms with Crippen molar-refractivity contribution < 1.29 is 0 Å². The van der Waals surface area contributed by atoms with Crippen molar-refractivity contribution in [1.82, 2.24) is 0 Å². The van der Waals surface area contributed by atoms with E-state index in [9.17, 15) is 0 Å². The van der Waals surface area contributed by atoms with E-state index in [-0.39, 0.29) is 0 Å². The summed E-state index contributed by atoms with van der Waals surface area (Å²) in [6.07, 6.45) is 0. The van der Waals surface area contributed by atoms with Crippen LogP contribution in [0.15, 0.2) is 29.6 Å². The molecule has 1 aromatic heterocycles. The number of rotatable bonds is 3. The zero-order chi connectivity index (χ0) is 9.97. The fourth-order valence-electron chi connectivity index (χ4n) is 1.40. The van der Waals surface area contributed by atoms with E-state index in [2.05, 4.69) is 48.8 Å². The molecule has 0 saturated heterocycles. The normalized spacial score (nSPS) is 11.1. The van der Waals surface area contributed by atoms with Crippen LogP contribution in [-0.2, 0) is 0 Å². The molecule has 2 rings (SSSR count). The highest BCUT2D eigenvalue weighted by Crippen LogP contribution is 2.23. The van der Waals surface area contributed by atoms with Crippen LogP contribution >= 0.6 is 11.3 Å². The minimum absolute atomic E-state index is 0.688. The number of hydrogen-bond donors (Lipinski definition) is 1. The van der Waals surface area contributed by atoms with Crippen molar-refractivity contribution in [3.63, 3.8) is 0 Å². The van der Waals surface area contributed by atoms with Crippen molar-refractivity contribution in [2.75, 3.05) is 11.9 Å². The number of anilines is 1. The molecule has 2 heteroatoms. The van der Waals surface area contributed by atoms with Crippen molar-refractivity contribution in [3.8, 4) is 0 Å². The molecule has 0 bridgehead atoms. The molecular formula is C12H15NS. The van der Waals surface area contributed by atoms with E-state index in [1.165, 1.54) is 15.8 Å². The first-order valence-corrected chi connectivity index (χ1v) is 5.85. The summed E-state index contributed by atoms with van der Waals surface area (Å²) in [6, 6.07) is 8.72. The van der Waals surface area contributed by atoms with Gasteiger partial charge in [0.15, 0.2) is 0 Å². The van der Waals surface area contributed by atoms with E-state index >= 15 is 0 Å². The lowest BCUT2D eigenvalue weighted by Gasteiger charge is -2.08. The Morgan fingerprint density at radius 1 is 1.29 bits per heavy atom. The lowest BCUT2D eigenvalue weighted by molar-refractivity contribution is 0.689. The van der Waals surface area contributed by atoms with E-state index in [0.717, 1.165) is 6.54 Å². The van der Waals surface area contributed by atoms with Gasteiger partial charge in [-0.25, -0.2) is 0 Å². The number of thiophene rings is 1. The van der Waals surface area contributed by atoms with Gasteiger partial charge in [0, 0.05) is 16.9 Å². The van der Waals surface area contributed by atoms with E-state index < -0.39 is 0 Å². The van der Waals surface area contributed by atoms with Gasteiger partial charge in [-0.2, -0.15) is 0 Å². The van der Waals surface area contributed by atoms with Gasteiger partial charge >= 0.3 is 0 Å². The monoisotopic (exact) mass is 205 g/mol. The van der Waals surface area contributed by atoms with Crippen molar-refractivity contribution >= 4 is 27.1 Å². The highest BCUT2D eigenvalue weighted by atomic mass is 32.1. The topological polar surface area (TPSA) is 12.0 Å². The molecule has 1 aromatic carbocycles. The van der Waals surface area contributed by atoms with Crippen LogP contribution in [0, 0.1) is 5.92 Å². The molecule has 1 heterocycles. The fourth-order valence-corrected chi connectivity index (χ4v) is 2.17. The highest BCUT2D eigenvalue weighted by molar-refractivity contribution is 7.17. The molecule has 0 spiro atoms. The molecule has 74 valence electrons. The zero-order valence-electron chi connectivity index (χ0n) is 8.58. The van der Waals surface area contributed by atoms with Gasteiger partial charge in [-0.3, -0.25) is 0 Å². The van der Waals surface area contributed by atoms with Crippen molar-refractivity contribution in [2.24, 2.45) is 5.92 Å². The maximum atomic E-state index is 3.43. The van der Waals surface area contributed by atoms with E-state index in [0.29, 0.717) is 5.92 Å². The van der Waals surface area contributed by atoms with Gasteiger partial charge in [0.25, 0.3) is 0 Å². The van der Waals surface area contributed by atoms with Gasteiger partial charge in [0.1, 0.15) is 0 Å². The van der Waals surface area contributed by atoms with Crippen LogP contribution < -0.4 is 5.32 Å². The lowest BCUT2D eigenvalue weighted by atomic mass is 10.2. The minimum Gasteiger partial charge on any atom is -0.385 e. The third kappa shape index (κ3) is 2.07. The average Bonchev–Trinajstić information content (AvgIpc) is 2.61. The summed E-state index contributed by atoms with van der Waals surface area (Å²) in [7, 11) is 0. The summed E-state index contributed by atoms with van der Waals surface area (Å²) in [5, 5.41) is 6.90. The zero-order valence-corrected chi connectivity index (χ0v) is 9.40. The summed E-state index contributed by atoms with van der Waals surface area (Å²) in [5.74, 6) is 0.688. The molecule has 0 radical (unpaired) electrons. The SMILES string of the molecule is CC(C)CNc1ccc2sccc2c1. The van der Waals surface area contributed by atoms with E-state index in [1.807, 2.05) is 0 Å². The maximum Gasteiger partial charge on any atom is 0.0347 e. The molecule has 1 N–H and O–H groups in total. The van der Waals surface area contributed by atoms with Gasteiger partial charge in [0.2, 0.25) is 0 Å². The number of nitrogens with one attached hydrogen (secondary N) is 1. The Hall–Kier alpha value is -1.02. The summed E-state index contributed by atoms with van der Waals surface area (Å²) in [5.41, 5.74) is 1.23. The molecule has 0 atom stereocenters. The fraction of sp³-hybridized carbons (Fsp3) is 0.333. The average molecular weight is 205 g/mol. The predicted octanol–water partition coefficient (Wildman–Crippen LogP) is 3.97. The van der Waals surface area contributed by atoms with Gasteiger partial charge in [-0.15, -0.1) is 11.3 Å². The second-order valence-corrected chi connectivity index (χ2v) is 4.90. The molecule has 14 heavy (non-hydrogen) atoms. The van der Waals surface area contributed by atoms with Crippen LogP contribution in [0.3, 0.4) is 0 Å². The summed E-state index contributed by atoms with van der Waals surface area (Å²) < 4.78 is 1.36. The second-order valence-electron chi connectivity index (χ2n) is 3.95. The molecule has 0 aliphatic rings. The lowest BCUT2D eigenvalue weighted by Crippen LogP contribution is -2.07. The third-order valence-corrected chi connectivity index (χ3v) is 3.06. The largest absolute Gasteiger partial charge is 0.385 e. The Bertz CT molecular complexity index is 417. The molecular weight excluding hydrogens is 190 g/mol. The predicted molar refractivity (Wildman–Crippen MR) is 65.2 cm³/mol. The maximum absolute atomic E-state index is 3.43. The first-order valence-electron chi connectivity index (χ1n) is 4.97. The number of hydrogen-bond acceptors (Lipinski definition) is 2. The van der Waals surface area contributed by atoms with Crippen LogP contribution in [0.5, 0.6) is 0 Å². The Balaban J connectivity index is 2.17. The Labute approximate surface area is 88.8 Å². The van der Waals surface area contributed by atoms with Crippen molar-refractivity contribution in [1.29, 1.82) is 0 Å². The highest BCUT2D eigenvalue weighted by Gasteiger charge is 1.98. The van der Waals surface area contributed by atoms with Crippen molar-refractivity contribution in [2.45, 2.75) is 13.8 Å². The minimum atomic E-state index is 0.688. The molecule has 2 aromatic rings. The smallest absolute Gasteiger partial charge is 0.0347 e. The summed E-state index contributed by atoms with van der Waals surface area (Å²) in [6.45, 7) is 5.47. The van der Waals surface area contributed by atoms with Crippen molar-refractivity contribution in [3.05, 3.63) is 29.6 Å². The van der Waals surface area contributed by atoms with Crippen LogP contribution in [-0.4, -0.2) is 6.54 Å². The molecule has 0 saturated carbocycles. The first kappa shape index (κ1) is 9.53. The number of benzene rings is 1. The number of fused-ring (bicyclic) bond motifs is 1. The van der Waals surface area contributed by atoms with E-state index in [1.54, 1.807) is 11.3 Å². The first-order chi connectivity index (χ1) is 6.75. The molecule has 0 aliphatic heterocycles. The Morgan fingerprint density at radius 2 is 2.14 bits per heavy atom. The molecule has 0 fully saturated rings. The van der Waals surface area contributed by atoms with Crippen LogP contribution in [0.2, 0.25) is 0 Å². The second kappa shape index (κ2) is 4.01. The summed E-state index contributed by atoms with van der Waals surface area (Å²) in [4.78, 5) is 0. The van der Waals surface area contributed by atoms with Gasteiger partial charge in [-0.05, 0) is 40.9 Å². The van der Waals surface area contributed by atoms with Gasteiger partial charge in [-0.1, -0.05) is 13.8 Å². The standard InChI is InChI=1S/C12H15NS/c1-9(2)8-13-11-3-4-12-10(7-11)5-6-14-12/h3-7,9,13H,8H2,1-2H3. The van der Waals surface area contributed by atoms with E-state index in [4.69, 9.17) is 0 Å². The van der Waals surface area contributed by atoms with Crippen LogP contribution in [0.4, 0.5) is 5.69 Å². The van der Waals surface area contributed by atoms with Crippen LogP contribution in [0.25, 0.3) is 10.1 Å². The molecule has 0 unspecified atom stereocenters. The van der Waals surface area contributed by atoms with Gasteiger partial charge < -0.3 is 5.32 Å².